The lowest BCUT2D eigenvalue weighted by atomic mass is 10.1. The Morgan fingerprint density at radius 1 is 0.967 bits per heavy atom. The number of nitrogens with zero attached hydrogens (tertiary/aromatic N) is 5. The maximum Gasteiger partial charge on any atom is 0.282 e. The van der Waals surface area contributed by atoms with Crippen molar-refractivity contribution >= 4 is 23.4 Å². The van der Waals surface area contributed by atoms with Crippen LogP contribution in [-0.4, -0.2) is 44.9 Å². The van der Waals surface area contributed by atoms with Gasteiger partial charge in [0.05, 0.1) is 6.21 Å². The molecule has 0 fully saturated rings. The Kier molecular flexibility index (Phi) is 6.67. The van der Waals surface area contributed by atoms with Gasteiger partial charge in [0.25, 0.3) is 5.82 Å². The highest BCUT2D eigenvalue weighted by molar-refractivity contribution is 5.95. The Labute approximate surface area is 178 Å². The number of rotatable bonds is 8. The molecule has 0 bridgehead atoms. The second-order valence-corrected chi connectivity index (χ2v) is 7.64. The van der Waals surface area contributed by atoms with Crippen LogP contribution in [0, 0.1) is 0 Å². The van der Waals surface area contributed by atoms with Crippen LogP contribution in [0.4, 0.5) is 11.4 Å². The molecule has 0 atom stereocenters. The van der Waals surface area contributed by atoms with Crippen molar-refractivity contribution in [1.82, 2.24) is 4.68 Å². The molecule has 0 N–H and O–H groups in total. The summed E-state index contributed by atoms with van der Waals surface area (Å²) in [5, 5.41) is 4.59. The van der Waals surface area contributed by atoms with Crippen LogP contribution in [0.3, 0.4) is 0 Å². The number of carbonyl (C=O) groups excluding carboxylic acids is 1. The molecule has 0 amide bonds. The molecule has 1 heterocycles. The first-order valence-electron chi connectivity index (χ1n) is 10.1. The largest absolute Gasteiger partial charge is 0.378 e. The quantitative estimate of drug-likeness (QED) is 0.329. The Morgan fingerprint density at radius 2 is 1.53 bits per heavy atom. The minimum Gasteiger partial charge on any atom is -0.378 e. The van der Waals surface area contributed by atoms with Crippen LogP contribution in [0.15, 0.2) is 66.0 Å². The molecule has 0 aliphatic rings. The Balaban J connectivity index is 1.74. The summed E-state index contributed by atoms with van der Waals surface area (Å²) in [6.07, 6.45) is 6.42. The van der Waals surface area contributed by atoms with E-state index in [1.165, 1.54) is 0 Å². The number of hydrogen-bond acceptors (Lipinski definition) is 4. The lowest BCUT2D eigenvalue weighted by Crippen LogP contribution is -2.40. The van der Waals surface area contributed by atoms with Crippen LogP contribution >= 0.6 is 0 Å². The molecule has 0 aliphatic carbocycles. The van der Waals surface area contributed by atoms with Crippen molar-refractivity contribution in [2.75, 3.05) is 38.0 Å². The van der Waals surface area contributed by atoms with E-state index in [0.717, 1.165) is 29.2 Å². The highest BCUT2D eigenvalue weighted by Gasteiger charge is 2.18. The monoisotopic (exact) mass is 404 g/mol. The third kappa shape index (κ3) is 4.95. The van der Waals surface area contributed by atoms with Gasteiger partial charge in [-0.2, -0.15) is 0 Å². The van der Waals surface area contributed by atoms with Crippen LogP contribution in [0.5, 0.6) is 0 Å². The van der Waals surface area contributed by atoms with E-state index in [4.69, 9.17) is 0 Å². The van der Waals surface area contributed by atoms with Gasteiger partial charge in [0.1, 0.15) is 6.20 Å². The fourth-order valence-electron chi connectivity index (χ4n) is 3.24. The molecule has 156 valence electrons. The fraction of sp³-hybridized carbons (Fsp3) is 0.292. The van der Waals surface area contributed by atoms with Crippen molar-refractivity contribution in [3.8, 4) is 0 Å². The smallest absolute Gasteiger partial charge is 0.282 e. The van der Waals surface area contributed by atoms with Crippen LogP contribution in [0.1, 0.15) is 28.7 Å². The molecule has 0 radical (unpaired) electrons. The van der Waals surface area contributed by atoms with Crippen molar-refractivity contribution in [2.45, 2.75) is 19.9 Å². The summed E-state index contributed by atoms with van der Waals surface area (Å²) in [7, 11) is 8.01. The van der Waals surface area contributed by atoms with Crippen molar-refractivity contribution < 1.29 is 9.36 Å². The van der Waals surface area contributed by atoms with E-state index in [9.17, 15) is 4.79 Å². The number of benzene rings is 2. The summed E-state index contributed by atoms with van der Waals surface area (Å²) < 4.78 is 3.80. The third-order valence-corrected chi connectivity index (χ3v) is 5.06. The van der Waals surface area contributed by atoms with Crippen molar-refractivity contribution in [3.05, 3.63) is 77.9 Å². The van der Waals surface area contributed by atoms with E-state index in [-0.39, 0.29) is 5.78 Å². The highest BCUT2D eigenvalue weighted by atomic mass is 16.1. The Hall–Kier alpha value is -3.41. The van der Waals surface area contributed by atoms with Crippen LogP contribution < -0.4 is 14.4 Å². The zero-order valence-corrected chi connectivity index (χ0v) is 18.4. The van der Waals surface area contributed by atoms with Crippen LogP contribution in [-0.2, 0) is 13.0 Å². The Bertz CT molecular complexity index is 1010. The number of hydrogen-bond donors (Lipinski definition) is 0. The molecule has 1 aromatic heterocycles. The molecule has 6 heteroatoms. The van der Waals surface area contributed by atoms with Gasteiger partial charge in [-0.1, -0.05) is 24.2 Å². The van der Waals surface area contributed by atoms with Gasteiger partial charge in [0.15, 0.2) is 12.7 Å². The molecule has 0 saturated heterocycles. The molecule has 30 heavy (non-hydrogen) atoms. The summed E-state index contributed by atoms with van der Waals surface area (Å²) in [6, 6.07) is 15.9. The molecule has 6 nitrogen and oxygen atoms in total. The average molecular weight is 405 g/mol. The molecular formula is C24H30N5O+. The van der Waals surface area contributed by atoms with Gasteiger partial charge in [-0.25, -0.2) is 4.57 Å². The first-order valence-corrected chi connectivity index (χ1v) is 10.1. The van der Waals surface area contributed by atoms with Gasteiger partial charge >= 0.3 is 0 Å². The SMILES string of the molecule is CCc1n(/N=C/c2ccc(N(C)C)cc2)cc[n+]1CC(=O)c1ccc(N(C)C)cc1. The first-order chi connectivity index (χ1) is 14.4. The van der Waals surface area contributed by atoms with E-state index in [1.807, 2.05) is 97.3 Å². The highest BCUT2D eigenvalue weighted by Crippen LogP contribution is 2.13. The number of aromatic nitrogens is 2. The summed E-state index contributed by atoms with van der Waals surface area (Å²) in [4.78, 5) is 16.8. The first kappa shape index (κ1) is 21.3. The Morgan fingerprint density at radius 3 is 2.07 bits per heavy atom. The predicted molar refractivity (Wildman–Crippen MR) is 123 cm³/mol. The van der Waals surface area contributed by atoms with Gasteiger partial charge in [0, 0.05) is 51.5 Å². The second-order valence-electron chi connectivity index (χ2n) is 7.64. The summed E-state index contributed by atoms with van der Waals surface area (Å²) in [5.74, 6) is 1.07. The lowest BCUT2D eigenvalue weighted by molar-refractivity contribution is -0.690. The number of ketones is 1. The van der Waals surface area contributed by atoms with Crippen LogP contribution in [0.2, 0.25) is 0 Å². The zero-order valence-electron chi connectivity index (χ0n) is 18.4. The van der Waals surface area contributed by atoms with Gasteiger partial charge in [-0.3, -0.25) is 4.79 Å². The molecule has 0 spiro atoms. The molecule has 2 aromatic carbocycles. The molecule has 0 unspecified atom stereocenters. The number of imidazole rings is 1. The summed E-state index contributed by atoms with van der Waals surface area (Å²) >= 11 is 0. The van der Waals surface area contributed by atoms with E-state index in [1.54, 1.807) is 0 Å². The zero-order chi connectivity index (χ0) is 21.7. The topological polar surface area (TPSA) is 44.7 Å². The van der Waals surface area contributed by atoms with Gasteiger partial charge < -0.3 is 9.80 Å². The van der Waals surface area contributed by atoms with Gasteiger partial charge in [0.2, 0.25) is 5.78 Å². The van der Waals surface area contributed by atoms with Gasteiger partial charge in [-0.05, 0) is 42.0 Å². The van der Waals surface area contributed by atoms with Crippen molar-refractivity contribution in [2.24, 2.45) is 5.10 Å². The summed E-state index contributed by atoms with van der Waals surface area (Å²) in [6.45, 7) is 2.37. The van der Waals surface area contributed by atoms with E-state index in [2.05, 4.69) is 29.1 Å². The molecule has 0 aliphatic heterocycles. The molecule has 0 saturated carbocycles. The molecular weight excluding hydrogens is 374 g/mol. The minimum atomic E-state index is 0.0843. The third-order valence-electron chi connectivity index (χ3n) is 5.06. The van der Waals surface area contributed by atoms with Crippen molar-refractivity contribution in [3.63, 3.8) is 0 Å². The lowest BCUT2D eigenvalue weighted by Gasteiger charge is -2.12. The molecule has 3 aromatic rings. The maximum atomic E-state index is 12.8. The second kappa shape index (κ2) is 9.39. The maximum absolute atomic E-state index is 12.8. The number of carbonyl (C=O) groups is 1. The fourth-order valence-corrected chi connectivity index (χ4v) is 3.24. The van der Waals surface area contributed by atoms with E-state index >= 15 is 0 Å². The standard InChI is InChI=1S/C24H30N5O/c1-6-24-28(18-23(30)20-9-13-22(14-10-20)27(4)5)15-16-29(24)25-17-19-7-11-21(12-8-19)26(2)3/h7-17H,6,18H2,1-5H3/q+1/b25-17+. The normalized spacial score (nSPS) is 11.1. The van der Waals surface area contributed by atoms with E-state index < -0.39 is 0 Å². The minimum absolute atomic E-state index is 0.0843. The predicted octanol–water partition coefficient (Wildman–Crippen LogP) is 3.24. The molecule has 3 rings (SSSR count). The summed E-state index contributed by atoms with van der Waals surface area (Å²) in [5.41, 5.74) is 3.97. The van der Waals surface area contributed by atoms with Crippen LogP contribution in [0.25, 0.3) is 0 Å². The van der Waals surface area contributed by atoms with Gasteiger partial charge in [-0.15, -0.1) is 4.68 Å². The number of Topliss-reactive ketones (excluding diaryl/α,β-unsaturated/α-hetero) is 1. The average Bonchev–Trinajstić information content (AvgIpc) is 3.13. The van der Waals surface area contributed by atoms with Crippen molar-refractivity contribution in [1.29, 1.82) is 0 Å². The number of anilines is 2. The van der Waals surface area contributed by atoms with E-state index in [0.29, 0.717) is 12.1 Å².